The third kappa shape index (κ3) is 4.84. The highest BCUT2D eigenvalue weighted by Crippen LogP contribution is 2.31. The number of nitrogens with one attached hydrogen (secondary N) is 1. The van der Waals surface area contributed by atoms with Gasteiger partial charge in [-0.2, -0.15) is 0 Å². The minimum absolute atomic E-state index is 0.302. The molecule has 0 radical (unpaired) electrons. The van der Waals surface area contributed by atoms with Crippen LogP contribution in [-0.2, 0) is 14.8 Å². The second-order valence-electron chi connectivity index (χ2n) is 6.97. The van der Waals surface area contributed by atoms with E-state index in [-0.39, 0.29) is 6.10 Å². The van der Waals surface area contributed by atoms with Crippen LogP contribution in [-0.4, -0.2) is 45.6 Å². The lowest BCUT2D eigenvalue weighted by Crippen LogP contribution is -2.47. The average molecular weight is 406 g/mol. The molecule has 0 aliphatic carbocycles. The Balaban J connectivity index is 1.71. The van der Waals surface area contributed by atoms with E-state index < -0.39 is 21.3 Å². The monoisotopic (exact) mass is 405 g/mol. The highest BCUT2D eigenvalue weighted by Gasteiger charge is 2.34. The van der Waals surface area contributed by atoms with Crippen LogP contribution in [0.5, 0.6) is 11.5 Å². The van der Waals surface area contributed by atoms with Crippen LogP contribution in [0.25, 0.3) is 11.1 Å². The molecule has 7 heteroatoms. The Labute approximate surface area is 166 Å². The molecule has 0 amide bonds. The molecule has 0 aromatic heterocycles. The van der Waals surface area contributed by atoms with Gasteiger partial charge in [-0.05, 0) is 44.5 Å². The maximum absolute atomic E-state index is 12.1. The minimum atomic E-state index is -3.38. The second-order valence-corrected chi connectivity index (χ2v) is 9.23. The van der Waals surface area contributed by atoms with Gasteiger partial charge in [0.2, 0.25) is 10.0 Å². The van der Waals surface area contributed by atoms with Gasteiger partial charge in [-0.15, -0.1) is 0 Å². The van der Waals surface area contributed by atoms with Gasteiger partial charge in [0, 0.05) is 5.56 Å². The summed E-state index contributed by atoms with van der Waals surface area (Å²) in [4.78, 5) is 0. The first-order chi connectivity index (χ1) is 13.4. The number of hydrogen-bond acceptors (Lipinski definition) is 5. The molecular formula is C21H27NO5S. The molecule has 6 nitrogen and oxygen atoms in total. The molecule has 1 N–H and O–H groups in total. The van der Waals surface area contributed by atoms with Gasteiger partial charge in [0.15, 0.2) is 0 Å². The summed E-state index contributed by atoms with van der Waals surface area (Å²) in [6.45, 7) is 6.51. The van der Waals surface area contributed by atoms with Crippen LogP contribution >= 0.6 is 0 Å². The van der Waals surface area contributed by atoms with E-state index in [1.54, 1.807) is 13.8 Å². The van der Waals surface area contributed by atoms with Gasteiger partial charge < -0.3 is 14.2 Å². The largest absolute Gasteiger partial charge is 0.493 e. The summed E-state index contributed by atoms with van der Waals surface area (Å²) in [7, 11) is -3.38. The topological polar surface area (TPSA) is 73.9 Å². The van der Waals surface area contributed by atoms with Crippen LogP contribution in [0.1, 0.15) is 20.8 Å². The molecule has 1 saturated heterocycles. The van der Waals surface area contributed by atoms with Crippen LogP contribution < -0.4 is 14.2 Å². The molecule has 1 fully saturated rings. The zero-order valence-electron chi connectivity index (χ0n) is 16.4. The van der Waals surface area contributed by atoms with E-state index in [0.29, 0.717) is 25.6 Å². The lowest BCUT2D eigenvalue weighted by molar-refractivity contribution is 0.140. The van der Waals surface area contributed by atoms with E-state index in [0.717, 1.165) is 16.9 Å². The molecule has 0 bridgehead atoms. The molecule has 1 heterocycles. The van der Waals surface area contributed by atoms with Crippen LogP contribution in [0.2, 0.25) is 0 Å². The Hall–Kier alpha value is -2.09. The summed E-state index contributed by atoms with van der Waals surface area (Å²) in [5.41, 5.74) is 2.04. The molecule has 0 spiro atoms. The van der Waals surface area contributed by atoms with Crippen molar-refractivity contribution in [2.45, 2.75) is 38.2 Å². The van der Waals surface area contributed by atoms with E-state index in [9.17, 15) is 8.42 Å². The number of benzene rings is 2. The molecule has 28 heavy (non-hydrogen) atoms. The summed E-state index contributed by atoms with van der Waals surface area (Å²) >= 11 is 0. The van der Waals surface area contributed by atoms with Crippen LogP contribution in [0.4, 0.5) is 0 Å². The van der Waals surface area contributed by atoms with Gasteiger partial charge >= 0.3 is 0 Å². The summed E-state index contributed by atoms with van der Waals surface area (Å²) < 4.78 is 44.1. The Morgan fingerprint density at radius 3 is 2.50 bits per heavy atom. The third-order valence-electron chi connectivity index (χ3n) is 4.60. The SMILES string of the molecule is CCOc1ccccc1-c1ccc(OC2COCC2NS(=O)(=O)C(C)C)cc1. The van der Waals surface area contributed by atoms with Crippen molar-refractivity contribution >= 4 is 10.0 Å². The normalized spacial score (nSPS) is 19.7. The molecule has 2 atom stereocenters. The fourth-order valence-electron chi connectivity index (χ4n) is 2.98. The van der Waals surface area contributed by atoms with E-state index >= 15 is 0 Å². The molecule has 1 aliphatic heterocycles. The summed E-state index contributed by atoms with van der Waals surface area (Å²) in [5.74, 6) is 1.51. The second kappa shape index (κ2) is 8.94. The Morgan fingerprint density at radius 1 is 1.11 bits per heavy atom. The number of rotatable bonds is 8. The Morgan fingerprint density at radius 2 is 1.82 bits per heavy atom. The summed E-state index contributed by atoms with van der Waals surface area (Å²) in [5, 5.41) is -0.501. The zero-order valence-corrected chi connectivity index (χ0v) is 17.2. The molecular weight excluding hydrogens is 378 g/mol. The van der Waals surface area contributed by atoms with E-state index in [1.807, 2.05) is 55.5 Å². The van der Waals surface area contributed by atoms with Crippen LogP contribution in [0.3, 0.4) is 0 Å². The van der Waals surface area contributed by atoms with Gasteiger partial charge in [-0.3, -0.25) is 0 Å². The fraction of sp³-hybridized carbons (Fsp3) is 0.429. The molecule has 0 saturated carbocycles. The van der Waals surface area contributed by atoms with Gasteiger partial charge in [-0.1, -0.05) is 30.3 Å². The van der Waals surface area contributed by atoms with Crippen molar-refractivity contribution in [3.63, 3.8) is 0 Å². The predicted octanol–water partition coefficient (Wildman–Crippen LogP) is 3.23. The van der Waals surface area contributed by atoms with Gasteiger partial charge in [-0.25, -0.2) is 13.1 Å². The average Bonchev–Trinajstić information content (AvgIpc) is 3.09. The first-order valence-corrected chi connectivity index (χ1v) is 11.0. The number of sulfonamides is 1. The first-order valence-electron chi connectivity index (χ1n) is 9.48. The fourth-order valence-corrected chi connectivity index (χ4v) is 3.90. The maximum atomic E-state index is 12.1. The van der Waals surface area contributed by atoms with E-state index in [4.69, 9.17) is 14.2 Å². The lowest BCUT2D eigenvalue weighted by Gasteiger charge is -2.21. The number of hydrogen-bond donors (Lipinski definition) is 1. The lowest BCUT2D eigenvalue weighted by atomic mass is 10.0. The number of para-hydroxylation sites is 1. The number of ether oxygens (including phenoxy) is 3. The van der Waals surface area contributed by atoms with E-state index in [2.05, 4.69) is 4.72 Å². The molecule has 2 aromatic rings. The molecule has 2 aromatic carbocycles. The smallest absolute Gasteiger partial charge is 0.214 e. The van der Waals surface area contributed by atoms with Crippen molar-refractivity contribution in [2.75, 3.05) is 19.8 Å². The van der Waals surface area contributed by atoms with Gasteiger partial charge in [0.1, 0.15) is 17.6 Å². The highest BCUT2D eigenvalue weighted by atomic mass is 32.2. The molecule has 152 valence electrons. The molecule has 1 aliphatic rings. The summed E-state index contributed by atoms with van der Waals surface area (Å²) in [6, 6.07) is 15.2. The molecule has 2 unspecified atom stereocenters. The zero-order chi connectivity index (χ0) is 20.1. The predicted molar refractivity (Wildman–Crippen MR) is 109 cm³/mol. The standard InChI is InChI=1S/C21H27NO5S/c1-4-26-20-8-6-5-7-18(20)16-9-11-17(12-10-16)27-21-14-25-13-19(21)22-28(23,24)15(2)3/h5-12,15,19,21-22H,4,13-14H2,1-3H3. The first kappa shape index (κ1) is 20.6. The Bertz CT molecular complexity index is 880. The van der Waals surface area contributed by atoms with Crippen molar-refractivity contribution in [1.82, 2.24) is 4.72 Å². The van der Waals surface area contributed by atoms with Crippen molar-refractivity contribution in [3.05, 3.63) is 48.5 Å². The van der Waals surface area contributed by atoms with E-state index in [1.165, 1.54) is 0 Å². The van der Waals surface area contributed by atoms with Gasteiger partial charge in [0.25, 0.3) is 0 Å². The quantitative estimate of drug-likeness (QED) is 0.730. The Kier molecular flexibility index (Phi) is 6.59. The van der Waals surface area contributed by atoms with Crippen molar-refractivity contribution in [1.29, 1.82) is 0 Å². The van der Waals surface area contributed by atoms with Crippen molar-refractivity contribution in [2.24, 2.45) is 0 Å². The van der Waals surface area contributed by atoms with Gasteiger partial charge in [0.05, 0.1) is 31.1 Å². The summed E-state index contributed by atoms with van der Waals surface area (Å²) in [6.07, 6.45) is -0.366. The van der Waals surface area contributed by atoms with Crippen LogP contribution in [0.15, 0.2) is 48.5 Å². The highest BCUT2D eigenvalue weighted by molar-refractivity contribution is 7.90. The third-order valence-corrected chi connectivity index (χ3v) is 6.48. The minimum Gasteiger partial charge on any atom is -0.493 e. The van der Waals surface area contributed by atoms with Crippen LogP contribution in [0, 0.1) is 0 Å². The molecule has 3 rings (SSSR count). The van der Waals surface area contributed by atoms with Crippen molar-refractivity contribution < 1.29 is 22.6 Å². The van der Waals surface area contributed by atoms with Crippen molar-refractivity contribution in [3.8, 4) is 22.6 Å². The maximum Gasteiger partial charge on any atom is 0.214 e.